The standard InChI is InChI=1S/C17H26FN3OS/c1-12(2)10-14-11-16(21-20-14)17(22)19-8-3-9-23-15-6-4-13(18)5-7-15/h4-7,12,14,16,20-21H,3,8-11H2,1-2H3,(H,19,22). The molecule has 0 aliphatic carbocycles. The predicted octanol–water partition coefficient (Wildman–Crippen LogP) is 2.71. The maximum Gasteiger partial charge on any atom is 0.238 e. The van der Waals surface area contributed by atoms with Gasteiger partial charge in [0, 0.05) is 17.5 Å². The van der Waals surface area contributed by atoms with Crippen LogP contribution in [0.1, 0.15) is 33.1 Å². The van der Waals surface area contributed by atoms with Crippen LogP contribution in [-0.4, -0.2) is 30.3 Å². The van der Waals surface area contributed by atoms with Crippen molar-refractivity contribution in [2.45, 2.75) is 50.1 Å². The van der Waals surface area contributed by atoms with E-state index < -0.39 is 0 Å². The summed E-state index contributed by atoms with van der Waals surface area (Å²) in [5.41, 5.74) is 6.28. The molecular formula is C17H26FN3OS. The molecule has 0 aromatic heterocycles. The maximum absolute atomic E-state index is 12.8. The van der Waals surface area contributed by atoms with Crippen LogP contribution in [-0.2, 0) is 4.79 Å². The zero-order valence-electron chi connectivity index (χ0n) is 13.8. The lowest BCUT2D eigenvalue weighted by molar-refractivity contribution is -0.122. The van der Waals surface area contributed by atoms with Crippen molar-refractivity contribution in [3.05, 3.63) is 30.1 Å². The molecule has 0 bridgehead atoms. The van der Waals surface area contributed by atoms with E-state index >= 15 is 0 Å². The van der Waals surface area contributed by atoms with Crippen molar-refractivity contribution in [1.29, 1.82) is 0 Å². The minimum Gasteiger partial charge on any atom is -0.355 e. The molecule has 1 fully saturated rings. The normalized spacial score (nSPS) is 20.9. The van der Waals surface area contributed by atoms with E-state index in [1.165, 1.54) is 12.1 Å². The highest BCUT2D eigenvalue weighted by molar-refractivity contribution is 7.99. The lowest BCUT2D eigenvalue weighted by Gasteiger charge is -2.11. The highest BCUT2D eigenvalue weighted by Crippen LogP contribution is 2.18. The molecule has 128 valence electrons. The van der Waals surface area contributed by atoms with Crippen LogP contribution < -0.4 is 16.2 Å². The van der Waals surface area contributed by atoms with E-state index in [2.05, 4.69) is 30.0 Å². The first kappa shape index (κ1) is 18.2. The molecule has 1 amide bonds. The van der Waals surface area contributed by atoms with E-state index in [0.717, 1.165) is 29.9 Å². The average Bonchev–Trinajstić information content (AvgIpc) is 2.96. The van der Waals surface area contributed by atoms with Crippen molar-refractivity contribution in [3.63, 3.8) is 0 Å². The quantitative estimate of drug-likeness (QED) is 0.503. The lowest BCUT2D eigenvalue weighted by Crippen LogP contribution is -2.43. The Labute approximate surface area is 142 Å². The summed E-state index contributed by atoms with van der Waals surface area (Å²) in [5.74, 6) is 1.38. The maximum atomic E-state index is 12.8. The summed E-state index contributed by atoms with van der Waals surface area (Å²) >= 11 is 1.67. The van der Waals surface area contributed by atoms with Gasteiger partial charge >= 0.3 is 0 Å². The Kier molecular flexibility index (Phi) is 7.33. The van der Waals surface area contributed by atoms with Crippen molar-refractivity contribution < 1.29 is 9.18 Å². The minimum atomic E-state index is -0.213. The number of hydrogen-bond acceptors (Lipinski definition) is 4. The van der Waals surface area contributed by atoms with Gasteiger partial charge in [-0.1, -0.05) is 13.8 Å². The van der Waals surface area contributed by atoms with Crippen molar-refractivity contribution in [1.82, 2.24) is 16.2 Å². The van der Waals surface area contributed by atoms with Crippen molar-refractivity contribution >= 4 is 17.7 Å². The zero-order valence-corrected chi connectivity index (χ0v) is 14.6. The molecule has 1 aliphatic heterocycles. The Balaban J connectivity index is 1.57. The Bertz CT molecular complexity index is 495. The molecule has 0 radical (unpaired) electrons. The van der Waals surface area contributed by atoms with Crippen LogP contribution in [0, 0.1) is 11.7 Å². The number of carbonyl (C=O) groups is 1. The van der Waals surface area contributed by atoms with Gasteiger partial charge < -0.3 is 5.32 Å². The third kappa shape index (κ3) is 6.49. The molecule has 1 aromatic rings. The molecule has 1 saturated heterocycles. The number of hydrazine groups is 1. The summed E-state index contributed by atoms with van der Waals surface area (Å²) in [7, 11) is 0. The molecule has 0 spiro atoms. The SMILES string of the molecule is CC(C)CC1CC(C(=O)NCCCSc2ccc(F)cc2)NN1. The molecule has 23 heavy (non-hydrogen) atoms. The van der Waals surface area contributed by atoms with Gasteiger partial charge in [-0.15, -0.1) is 11.8 Å². The van der Waals surface area contributed by atoms with Gasteiger partial charge in [-0.3, -0.25) is 10.2 Å². The van der Waals surface area contributed by atoms with Crippen LogP contribution in [0.25, 0.3) is 0 Å². The summed E-state index contributed by atoms with van der Waals surface area (Å²) < 4.78 is 12.8. The fourth-order valence-corrected chi connectivity index (χ4v) is 3.50. The highest BCUT2D eigenvalue weighted by Gasteiger charge is 2.28. The fraction of sp³-hybridized carbons (Fsp3) is 0.588. The van der Waals surface area contributed by atoms with Crippen LogP contribution in [0.3, 0.4) is 0 Å². The van der Waals surface area contributed by atoms with Crippen molar-refractivity contribution in [3.8, 4) is 0 Å². The molecule has 2 atom stereocenters. The fourth-order valence-electron chi connectivity index (χ4n) is 2.65. The molecule has 3 N–H and O–H groups in total. The molecule has 2 rings (SSSR count). The van der Waals surface area contributed by atoms with E-state index in [1.54, 1.807) is 23.9 Å². The number of amides is 1. The Morgan fingerprint density at radius 1 is 1.35 bits per heavy atom. The first-order valence-electron chi connectivity index (χ1n) is 8.21. The molecule has 2 unspecified atom stereocenters. The van der Waals surface area contributed by atoms with Gasteiger partial charge in [0.15, 0.2) is 0 Å². The second kappa shape index (κ2) is 9.25. The number of carbonyl (C=O) groups excluding carboxylic acids is 1. The average molecular weight is 339 g/mol. The number of halogens is 1. The van der Waals surface area contributed by atoms with Gasteiger partial charge in [0.25, 0.3) is 0 Å². The molecule has 1 aromatic carbocycles. The van der Waals surface area contributed by atoms with E-state index in [0.29, 0.717) is 18.5 Å². The first-order chi connectivity index (χ1) is 11.0. The van der Waals surface area contributed by atoms with Gasteiger partial charge in [-0.25, -0.2) is 9.82 Å². The van der Waals surface area contributed by atoms with E-state index in [9.17, 15) is 9.18 Å². The second-order valence-corrected chi connectivity index (χ2v) is 7.52. The minimum absolute atomic E-state index is 0.0653. The van der Waals surface area contributed by atoms with Crippen LogP contribution >= 0.6 is 11.8 Å². The van der Waals surface area contributed by atoms with Gasteiger partial charge in [-0.05, 0) is 55.2 Å². The predicted molar refractivity (Wildman–Crippen MR) is 92.7 cm³/mol. The van der Waals surface area contributed by atoms with Gasteiger partial charge in [0.2, 0.25) is 5.91 Å². The van der Waals surface area contributed by atoms with Crippen molar-refractivity contribution in [2.24, 2.45) is 5.92 Å². The summed E-state index contributed by atoms with van der Waals surface area (Å²) in [5, 5.41) is 2.98. The third-order valence-corrected chi connectivity index (χ3v) is 4.86. The molecule has 4 nitrogen and oxygen atoms in total. The second-order valence-electron chi connectivity index (χ2n) is 6.35. The van der Waals surface area contributed by atoms with E-state index in [-0.39, 0.29) is 17.8 Å². The van der Waals surface area contributed by atoms with Crippen LogP contribution in [0.2, 0.25) is 0 Å². The summed E-state index contributed by atoms with van der Waals surface area (Å²) in [6, 6.07) is 6.74. The Hall–Kier alpha value is -1.11. The molecule has 1 aliphatic rings. The monoisotopic (exact) mass is 339 g/mol. The van der Waals surface area contributed by atoms with Gasteiger partial charge in [0.1, 0.15) is 11.9 Å². The van der Waals surface area contributed by atoms with Crippen LogP contribution in [0.4, 0.5) is 4.39 Å². The Morgan fingerprint density at radius 2 is 2.09 bits per heavy atom. The summed E-state index contributed by atoms with van der Waals surface area (Å²) in [6.45, 7) is 5.04. The zero-order chi connectivity index (χ0) is 16.7. The number of nitrogens with one attached hydrogen (secondary N) is 3. The Morgan fingerprint density at radius 3 is 2.78 bits per heavy atom. The highest BCUT2D eigenvalue weighted by atomic mass is 32.2. The number of hydrogen-bond donors (Lipinski definition) is 3. The number of rotatable bonds is 8. The summed E-state index contributed by atoms with van der Waals surface area (Å²) in [4.78, 5) is 13.1. The topological polar surface area (TPSA) is 53.2 Å². The van der Waals surface area contributed by atoms with Crippen molar-refractivity contribution in [2.75, 3.05) is 12.3 Å². The summed E-state index contributed by atoms with van der Waals surface area (Å²) in [6.07, 6.45) is 2.81. The largest absolute Gasteiger partial charge is 0.355 e. The molecule has 6 heteroatoms. The van der Waals surface area contributed by atoms with E-state index in [1.807, 2.05) is 0 Å². The lowest BCUT2D eigenvalue weighted by atomic mass is 10.00. The van der Waals surface area contributed by atoms with E-state index in [4.69, 9.17) is 0 Å². The van der Waals surface area contributed by atoms with Crippen LogP contribution in [0.5, 0.6) is 0 Å². The molecule has 1 heterocycles. The van der Waals surface area contributed by atoms with Crippen LogP contribution in [0.15, 0.2) is 29.2 Å². The number of thioether (sulfide) groups is 1. The molecule has 0 saturated carbocycles. The first-order valence-corrected chi connectivity index (χ1v) is 9.20. The molecular weight excluding hydrogens is 313 g/mol. The number of benzene rings is 1. The van der Waals surface area contributed by atoms with Gasteiger partial charge in [0.05, 0.1) is 0 Å². The van der Waals surface area contributed by atoms with Gasteiger partial charge in [-0.2, -0.15) is 0 Å². The third-order valence-electron chi connectivity index (χ3n) is 3.76. The smallest absolute Gasteiger partial charge is 0.238 e.